The molecule has 2 rings (SSSR count). The molecule has 0 unspecified atom stereocenters. The number of rotatable bonds is 4. The van der Waals surface area contributed by atoms with Crippen LogP contribution in [0, 0.1) is 3.57 Å². The lowest BCUT2D eigenvalue weighted by atomic mass is 10.2. The van der Waals surface area contributed by atoms with E-state index in [1.165, 1.54) is 0 Å². The van der Waals surface area contributed by atoms with E-state index in [1.54, 1.807) is 0 Å². The van der Waals surface area contributed by atoms with Gasteiger partial charge in [-0.1, -0.05) is 20.8 Å². The predicted molar refractivity (Wildman–Crippen MR) is 96.8 cm³/mol. The highest BCUT2D eigenvalue weighted by molar-refractivity contribution is 14.1. The van der Waals surface area contributed by atoms with E-state index in [0.29, 0.717) is 6.61 Å². The summed E-state index contributed by atoms with van der Waals surface area (Å²) in [7, 11) is -1.77. The summed E-state index contributed by atoms with van der Waals surface area (Å²) in [6, 6.07) is 5.94. The highest BCUT2D eigenvalue weighted by Crippen LogP contribution is 2.37. The van der Waals surface area contributed by atoms with E-state index in [2.05, 4.69) is 56.5 Å². The first-order chi connectivity index (χ1) is 9.64. The summed E-state index contributed by atoms with van der Waals surface area (Å²) in [6.45, 7) is 11.7. The van der Waals surface area contributed by atoms with Crippen molar-refractivity contribution in [2.75, 3.05) is 0 Å². The van der Waals surface area contributed by atoms with Gasteiger partial charge in [0.25, 0.3) is 0 Å². The molecule has 0 saturated heterocycles. The van der Waals surface area contributed by atoms with Crippen molar-refractivity contribution >= 4 is 41.9 Å². The molecule has 0 radical (unpaired) electrons. The molecule has 0 amide bonds. The molecule has 0 bridgehead atoms. The SMILES string of the molecule is CC(C)(C)[Si](C)(C)OCc1cc2cc(CO)cc(I)c2o1. The van der Waals surface area contributed by atoms with Gasteiger partial charge in [0.2, 0.25) is 0 Å². The lowest BCUT2D eigenvalue weighted by Gasteiger charge is -2.35. The van der Waals surface area contributed by atoms with Crippen molar-refractivity contribution in [1.29, 1.82) is 0 Å². The third kappa shape index (κ3) is 3.69. The van der Waals surface area contributed by atoms with Gasteiger partial charge in [0.1, 0.15) is 11.3 Å². The van der Waals surface area contributed by atoms with Gasteiger partial charge < -0.3 is 13.9 Å². The van der Waals surface area contributed by atoms with Crippen LogP contribution in [0.1, 0.15) is 32.1 Å². The van der Waals surface area contributed by atoms with Crippen molar-refractivity contribution in [1.82, 2.24) is 0 Å². The lowest BCUT2D eigenvalue weighted by Crippen LogP contribution is -2.40. The molecule has 3 nitrogen and oxygen atoms in total. The standard InChI is InChI=1S/C16H23IO3Si/c1-16(2,3)21(4,5)19-10-13-8-12-6-11(9-18)7-14(17)15(12)20-13/h6-8,18H,9-10H2,1-5H3. The van der Waals surface area contributed by atoms with E-state index in [0.717, 1.165) is 25.9 Å². The molecule has 21 heavy (non-hydrogen) atoms. The second-order valence-corrected chi connectivity index (χ2v) is 12.9. The first-order valence-corrected chi connectivity index (χ1v) is 11.1. The van der Waals surface area contributed by atoms with Crippen molar-refractivity contribution < 1.29 is 13.9 Å². The van der Waals surface area contributed by atoms with Gasteiger partial charge >= 0.3 is 0 Å². The van der Waals surface area contributed by atoms with E-state index in [9.17, 15) is 5.11 Å². The number of aliphatic hydroxyl groups excluding tert-OH is 1. The van der Waals surface area contributed by atoms with Gasteiger partial charge in [0.05, 0.1) is 16.8 Å². The third-order valence-electron chi connectivity index (χ3n) is 4.25. The predicted octanol–water partition coefficient (Wildman–Crippen LogP) is 5.05. The van der Waals surface area contributed by atoms with E-state index >= 15 is 0 Å². The minimum atomic E-state index is -1.77. The second kappa shape index (κ2) is 6.02. The van der Waals surface area contributed by atoms with E-state index in [1.807, 2.05) is 18.2 Å². The molecule has 1 heterocycles. The highest BCUT2D eigenvalue weighted by atomic mass is 127. The summed E-state index contributed by atoms with van der Waals surface area (Å²) in [4.78, 5) is 0. The van der Waals surface area contributed by atoms with Crippen molar-refractivity contribution in [2.24, 2.45) is 0 Å². The number of hydrogen-bond acceptors (Lipinski definition) is 3. The number of benzene rings is 1. The summed E-state index contributed by atoms with van der Waals surface area (Å²) < 4.78 is 13.1. The molecular weight excluding hydrogens is 395 g/mol. The summed E-state index contributed by atoms with van der Waals surface area (Å²) in [6.07, 6.45) is 0. The molecule has 116 valence electrons. The minimum Gasteiger partial charge on any atom is -0.458 e. The zero-order valence-corrected chi connectivity index (χ0v) is 16.4. The quantitative estimate of drug-likeness (QED) is 0.558. The Balaban J connectivity index is 2.23. The minimum absolute atomic E-state index is 0.0485. The van der Waals surface area contributed by atoms with Gasteiger partial charge in [-0.15, -0.1) is 0 Å². The van der Waals surface area contributed by atoms with Crippen LogP contribution in [0.4, 0.5) is 0 Å². The van der Waals surface area contributed by atoms with Crippen LogP contribution in [0.15, 0.2) is 22.6 Å². The Morgan fingerprint density at radius 2 is 1.90 bits per heavy atom. The van der Waals surface area contributed by atoms with Crippen molar-refractivity contribution in [3.8, 4) is 0 Å². The highest BCUT2D eigenvalue weighted by Gasteiger charge is 2.37. The summed E-state index contributed by atoms with van der Waals surface area (Å²) in [5.41, 5.74) is 1.78. The molecule has 1 N–H and O–H groups in total. The molecule has 5 heteroatoms. The van der Waals surface area contributed by atoms with Crippen LogP contribution in [0.25, 0.3) is 11.0 Å². The number of fused-ring (bicyclic) bond motifs is 1. The van der Waals surface area contributed by atoms with Crippen LogP contribution in [0.3, 0.4) is 0 Å². The average Bonchev–Trinajstić information content (AvgIpc) is 2.78. The van der Waals surface area contributed by atoms with Crippen LogP contribution in [0.2, 0.25) is 18.1 Å². The molecule has 1 aromatic heterocycles. The number of halogens is 1. The van der Waals surface area contributed by atoms with Gasteiger partial charge in [-0.25, -0.2) is 0 Å². The zero-order chi connectivity index (χ0) is 15.8. The van der Waals surface area contributed by atoms with Crippen molar-refractivity contribution in [3.05, 3.63) is 33.1 Å². The molecule has 0 saturated carbocycles. The Morgan fingerprint density at radius 3 is 2.48 bits per heavy atom. The largest absolute Gasteiger partial charge is 0.458 e. The van der Waals surface area contributed by atoms with Crippen LogP contribution in [-0.2, 0) is 17.6 Å². The number of hydrogen-bond donors (Lipinski definition) is 1. The maximum Gasteiger partial charge on any atom is 0.192 e. The maximum atomic E-state index is 9.27. The van der Waals surface area contributed by atoms with Crippen LogP contribution in [0.5, 0.6) is 0 Å². The molecule has 0 aliphatic carbocycles. The van der Waals surface area contributed by atoms with Crippen LogP contribution >= 0.6 is 22.6 Å². The molecule has 0 aliphatic rings. The van der Waals surface area contributed by atoms with E-state index in [4.69, 9.17) is 8.84 Å². The monoisotopic (exact) mass is 418 g/mol. The number of furan rings is 1. The zero-order valence-electron chi connectivity index (χ0n) is 13.3. The Labute approximate surface area is 141 Å². The van der Waals surface area contributed by atoms with Gasteiger partial charge in [-0.2, -0.15) is 0 Å². The topological polar surface area (TPSA) is 42.6 Å². The fraction of sp³-hybridized carbons (Fsp3) is 0.500. The summed E-state index contributed by atoms with van der Waals surface area (Å²) >= 11 is 2.24. The van der Waals surface area contributed by atoms with Gasteiger partial charge in [0.15, 0.2) is 8.32 Å². The van der Waals surface area contributed by atoms with E-state index in [-0.39, 0.29) is 11.6 Å². The lowest BCUT2D eigenvalue weighted by molar-refractivity contribution is 0.249. The fourth-order valence-electron chi connectivity index (χ4n) is 1.85. The Kier molecular flexibility index (Phi) is 4.87. The van der Waals surface area contributed by atoms with Gasteiger partial charge in [0, 0.05) is 5.39 Å². The van der Waals surface area contributed by atoms with Gasteiger partial charge in [-0.05, 0) is 64.5 Å². The average molecular weight is 418 g/mol. The van der Waals surface area contributed by atoms with Crippen LogP contribution < -0.4 is 0 Å². The van der Waals surface area contributed by atoms with Crippen molar-refractivity contribution in [3.63, 3.8) is 0 Å². The molecule has 0 spiro atoms. The molecule has 2 aromatic rings. The normalized spacial score (nSPS) is 13.1. The maximum absolute atomic E-state index is 9.27. The van der Waals surface area contributed by atoms with Crippen LogP contribution in [-0.4, -0.2) is 13.4 Å². The fourth-order valence-corrected chi connectivity index (χ4v) is 3.61. The first-order valence-electron chi connectivity index (χ1n) is 7.10. The Hall–Kier alpha value is -0.373. The smallest absolute Gasteiger partial charge is 0.192 e. The molecular formula is C16H23IO3Si. The summed E-state index contributed by atoms with van der Waals surface area (Å²) in [5, 5.41) is 10.5. The molecule has 0 fully saturated rings. The molecule has 0 atom stereocenters. The van der Waals surface area contributed by atoms with Crippen molar-refractivity contribution in [2.45, 2.75) is 52.1 Å². The summed E-state index contributed by atoms with van der Waals surface area (Å²) in [5.74, 6) is 0.850. The molecule has 0 aliphatic heterocycles. The Bertz CT molecular complexity index is 641. The molecule has 1 aromatic carbocycles. The van der Waals surface area contributed by atoms with E-state index < -0.39 is 8.32 Å². The number of aliphatic hydroxyl groups is 1. The second-order valence-electron chi connectivity index (χ2n) is 6.92. The van der Waals surface area contributed by atoms with Gasteiger partial charge in [-0.3, -0.25) is 0 Å². The first kappa shape index (κ1) is 17.0. The third-order valence-corrected chi connectivity index (χ3v) is 9.53. The Morgan fingerprint density at radius 1 is 1.24 bits per heavy atom.